The van der Waals surface area contributed by atoms with E-state index in [0.29, 0.717) is 12.0 Å². The number of rotatable bonds is 7. The van der Waals surface area contributed by atoms with Gasteiger partial charge in [-0.15, -0.1) is 10.2 Å². The number of nitrogens with zero attached hydrogens (tertiary/aromatic N) is 4. The van der Waals surface area contributed by atoms with Gasteiger partial charge in [0.1, 0.15) is 0 Å². The maximum absolute atomic E-state index is 12.6. The van der Waals surface area contributed by atoms with Gasteiger partial charge in [0, 0.05) is 30.5 Å². The Morgan fingerprint density at radius 3 is 2.70 bits per heavy atom. The molecule has 0 spiro atoms. The van der Waals surface area contributed by atoms with Crippen LogP contribution < -0.4 is 5.32 Å². The maximum Gasteiger partial charge on any atom is 0.233 e. The summed E-state index contributed by atoms with van der Waals surface area (Å²) in [5.41, 5.74) is 0.941. The topological polar surface area (TPSA) is 72.7 Å². The van der Waals surface area contributed by atoms with E-state index in [-0.39, 0.29) is 11.2 Å². The highest BCUT2D eigenvalue weighted by atomic mass is 32.2. The number of hydrogen-bond donors (Lipinski definition) is 1. The van der Waals surface area contributed by atoms with Gasteiger partial charge in [0.05, 0.1) is 5.25 Å². The van der Waals surface area contributed by atoms with E-state index in [4.69, 9.17) is 0 Å². The summed E-state index contributed by atoms with van der Waals surface area (Å²) in [6, 6.07) is 4.21. The van der Waals surface area contributed by atoms with Crippen LogP contribution in [0.5, 0.6) is 0 Å². The van der Waals surface area contributed by atoms with Crippen LogP contribution in [0.25, 0.3) is 11.4 Å². The number of carbonyl (C=O) groups is 1. The highest BCUT2D eigenvalue weighted by Gasteiger charge is 2.23. The Balaban J connectivity index is 1.73. The van der Waals surface area contributed by atoms with Gasteiger partial charge in [0.2, 0.25) is 5.91 Å². The summed E-state index contributed by atoms with van der Waals surface area (Å²) in [5, 5.41) is 12.6. The van der Waals surface area contributed by atoms with E-state index in [1.807, 2.05) is 19.1 Å². The van der Waals surface area contributed by atoms with E-state index in [1.54, 1.807) is 12.4 Å². The Bertz CT molecular complexity index is 740. The van der Waals surface area contributed by atoms with Crippen LogP contribution in [0, 0.1) is 5.92 Å². The van der Waals surface area contributed by atoms with Gasteiger partial charge < -0.3 is 9.88 Å². The molecule has 146 valence electrons. The number of carbonyl (C=O) groups excluding carboxylic acids is 1. The number of pyridine rings is 1. The molecule has 3 rings (SSSR count). The summed E-state index contributed by atoms with van der Waals surface area (Å²) < 4.78 is 2.11. The predicted molar refractivity (Wildman–Crippen MR) is 108 cm³/mol. The Labute approximate surface area is 165 Å². The minimum Gasteiger partial charge on any atom is -0.352 e. The molecule has 1 amide bonds. The lowest BCUT2D eigenvalue weighted by Crippen LogP contribution is -2.40. The van der Waals surface area contributed by atoms with E-state index >= 15 is 0 Å². The number of thioether (sulfide) groups is 1. The monoisotopic (exact) mass is 387 g/mol. The summed E-state index contributed by atoms with van der Waals surface area (Å²) in [6.07, 6.45) is 9.45. The van der Waals surface area contributed by atoms with Crippen molar-refractivity contribution in [3.05, 3.63) is 24.5 Å². The molecule has 0 bridgehead atoms. The molecule has 0 radical (unpaired) electrons. The summed E-state index contributed by atoms with van der Waals surface area (Å²) >= 11 is 1.48. The van der Waals surface area contributed by atoms with Gasteiger partial charge >= 0.3 is 0 Å². The second kappa shape index (κ2) is 9.35. The fourth-order valence-electron chi connectivity index (χ4n) is 3.39. The first-order valence-electron chi connectivity index (χ1n) is 9.85. The lowest BCUT2D eigenvalue weighted by Gasteiger charge is -2.24. The molecule has 1 aliphatic rings. The molecule has 0 saturated heterocycles. The predicted octanol–water partition coefficient (Wildman–Crippen LogP) is 3.93. The van der Waals surface area contributed by atoms with Crippen LogP contribution in [0.3, 0.4) is 0 Å². The molecule has 27 heavy (non-hydrogen) atoms. The van der Waals surface area contributed by atoms with E-state index < -0.39 is 0 Å². The molecule has 0 aliphatic heterocycles. The maximum atomic E-state index is 12.6. The van der Waals surface area contributed by atoms with Gasteiger partial charge in [-0.25, -0.2) is 0 Å². The first-order valence-corrected chi connectivity index (χ1v) is 10.7. The number of amides is 1. The smallest absolute Gasteiger partial charge is 0.233 e. The quantitative estimate of drug-likeness (QED) is 0.729. The fraction of sp³-hybridized carbons (Fsp3) is 0.600. The standard InChI is InChI=1S/C20H29N5OS/c1-14(2)13-25-18(16-8-7-11-21-12-16)23-24-20(25)27-15(3)19(26)22-17-9-5-4-6-10-17/h7-8,11-12,14-15,17H,4-6,9-10,13H2,1-3H3,(H,22,26)/t15-/m0/s1. The van der Waals surface area contributed by atoms with Gasteiger partial charge in [-0.3, -0.25) is 9.78 Å². The van der Waals surface area contributed by atoms with E-state index in [9.17, 15) is 4.79 Å². The number of aromatic nitrogens is 4. The molecule has 0 unspecified atom stereocenters. The third-order valence-electron chi connectivity index (χ3n) is 4.79. The zero-order chi connectivity index (χ0) is 19.2. The summed E-state index contributed by atoms with van der Waals surface area (Å²) in [5.74, 6) is 1.34. The average molecular weight is 388 g/mol. The van der Waals surface area contributed by atoms with Crippen molar-refractivity contribution in [2.45, 2.75) is 75.9 Å². The fourth-order valence-corrected chi connectivity index (χ4v) is 4.26. The van der Waals surface area contributed by atoms with E-state index in [1.165, 1.54) is 31.0 Å². The SMILES string of the molecule is CC(C)Cn1c(S[C@@H](C)C(=O)NC2CCCCC2)nnc1-c1cccnc1. The van der Waals surface area contributed by atoms with Crippen molar-refractivity contribution in [2.75, 3.05) is 0 Å². The molecule has 1 aliphatic carbocycles. The van der Waals surface area contributed by atoms with Crippen molar-refractivity contribution >= 4 is 17.7 Å². The first-order chi connectivity index (χ1) is 13.0. The molecule has 1 atom stereocenters. The van der Waals surface area contributed by atoms with Crippen LogP contribution in [0.4, 0.5) is 0 Å². The van der Waals surface area contributed by atoms with Gasteiger partial charge in [-0.1, -0.05) is 44.9 Å². The van der Waals surface area contributed by atoms with E-state index in [0.717, 1.165) is 35.9 Å². The molecule has 1 N–H and O–H groups in total. The Morgan fingerprint density at radius 2 is 2.04 bits per heavy atom. The summed E-state index contributed by atoms with van der Waals surface area (Å²) in [6.45, 7) is 7.08. The molecule has 1 saturated carbocycles. The van der Waals surface area contributed by atoms with Crippen molar-refractivity contribution in [1.82, 2.24) is 25.1 Å². The van der Waals surface area contributed by atoms with Gasteiger partial charge in [-0.05, 0) is 37.8 Å². The van der Waals surface area contributed by atoms with Crippen molar-refractivity contribution in [3.63, 3.8) is 0 Å². The zero-order valence-electron chi connectivity index (χ0n) is 16.4. The Morgan fingerprint density at radius 1 is 1.26 bits per heavy atom. The second-order valence-corrected chi connectivity index (χ2v) is 8.96. The Kier molecular flexibility index (Phi) is 6.88. The molecule has 2 aromatic heterocycles. The van der Waals surface area contributed by atoms with Gasteiger partial charge in [0.15, 0.2) is 11.0 Å². The van der Waals surface area contributed by atoms with Crippen LogP contribution in [-0.2, 0) is 11.3 Å². The molecule has 2 aromatic rings. The average Bonchev–Trinajstić information content (AvgIpc) is 3.05. The van der Waals surface area contributed by atoms with Crippen LogP contribution in [-0.4, -0.2) is 36.9 Å². The van der Waals surface area contributed by atoms with Gasteiger partial charge in [0.25, 0.3) is 0 Å². The molecule has 6 nitrogen and oxygen atoms in total. The van der Waals surface area contributed by atoms with Crippen LogP contribution in [0.2, 0.25) is 0 Å². The van der Waals surface area contributed by atoms with Gasteiger partial charge in [-0.2, -0.15) is 0 Å². The minimum absolute atomic E-state index is 0.0916. The molecule has 2 heterocycles. The van der Waals surface area contributed by atoms with Crippen LogP contribution in [0.1, 0.15) is 52.9 Å². The third-order valence-corrected chi connectivity index (χ3v) is 5.87. The highest BCUT2D eigenvalue weighted by molar-refractivity contribution is 8.00. The minimum atomic E-state index is -0.205. The lowest BCUT2D eigenvalue weighted by atomic mass is 9.95. The van der Waals surface area contributed by atoms with Crippen molar-refractivity contribution < 1.29 is 4.79 Å². The highest BCUT2D eigenvalue weighted by Crippen LogP contribution is 2.28. The zero-order valence-corrected chi connectivity index (χ0v) is 17.2. The molecule has 7 heteroatoms. The second-order valence-electron chi connectivity index (χ2n) is 7.66. The lowest BCUT2D eigenvalue weighted by molar-refractivity contribution is -0.121. The van der Waals surface area contributed by atoms with Crippen molar-refractivity contribution in [3.8, 4) is 11.4 Å². The summed E-state index contributed by atoms with van der Waals surface area (Å²) in [4.78, 5) is 16.8. The molecule has 0 aromatic carbocycles. The largest absolute Gasteiger partial charge is 0.352 e. The van der Waals surface area contributed by atoms with E-state index in [2.05, 4.69) is 38.9 Å². The number of nitrogens with one attached hydrogen (secondary N) is 1. The Hall–Kier alpha value is -1.89. The third kappa shape index (κ3) is 5.31. The summed E-state index contributed by atoms with van der Waals surface area (Å²) in [7, 11) is 0. The van der Waals surface area contributed by atoms with Crippen molar-refractivity contribution in [2.24, 2.45) is 5.92 Å². The van der Waals surface area contributed by atoms with Crippen LogP contribution in [0.15, 0.2) is 29.7 Å². The molecular weight excluding hydrogens is 358 g/mol. The molecular formula is C20H29N5OS. The van der Waals surface area contributed by atoms with Crippen molar-refractivity contribution in [1.29, 1.82) is 0 Å². The molecule has 1 fully saturated rings. The first kappa shape index (κ1) is 19.9. The van der Waals surface area contributed by atoms with Crippen LogP contribution >= 0.6 is 11.8 Å². The number of hydrogen-bond acceptors (Lipinski definition) is 5. The normalized spacial score (nSPS) is 16.4.